The third kappa shape index (κ3) is 4.70. The first-order valence-electron chi connectivity index (χ1n) is 8.83. The lowest BCUT2D eigenvalue weighted by Crippen LogP contribution is -2.01. The summed E-state index contributed by atoms with van der Waals surface area (Å²) < 4.78 is 24.9. The molecule has 0 N–H and O–H groups in total. The number of aryl methyl sites for hydroxylation is 2. The van der Waals surface area contributed by atoms with Crippen molar-refractivity contribution in [3.8, 4) is 11.5 Å². The Bertz CT molecular complexity index is 1020. The summed E-state index contributed by atoms with van der Waals surface area (Å²) in [5.74, 6) is 0.510. The minimum atomic E-state index is -0.324. The normalized spacial score (nSPS) is 11.0. The quantitative estimate of drug-likeness (QED) is 0.448. The fourth-order valence-electron chi connectivity index (χ4n) is 2.67. The van der Waals surface area contributed by atoms with E-state index < -0.39 is 0 Å². The van der Waals surface area contributed by atoms with Crippen molar-refractivity contribution in [3.05, 3.63) is 87.7 Å². The van der Waals surface area contributed by atoms with Crippen LogP contribution >= 0.6 is 11.6 Å². The Morgan fingerprint density at radius 2 is 1.82 bits per heavy atom. The molecule has 0 spiro atoms. The van der Waals surface area contributed by atoms with Gasteiger partial charge in [0.25, 0.3) is 0 Å². The smallest absolute Gasteiger partial charge is 0.180 e. The number of ether oxygens (including phenoxy) is 2. The zero-order valence-electron chi connectivity index (χ0n) is 16.0. The van der Waals surface area contributed by atoms with Crippen LogP contribution in [0.1, 0.15) is 22.3 Å². The average Bonchev–Trinajstić information content (AvgIpc) is 2.68. The second-order valence-corrected chi connectivity index (χ2v) is 6.85. The maximum absolute atomic E-state index is 13.8. The SMILES string of the molecule is COc1cc(C=Nc2ccc(C)c(C)c2)cc(Cl)c1OCc1ccccc1F. The molecular weight excluding hydrogens is 377 g/mol. The fourth-order valence-corrected chi connectivity index (χ4v) is 2.95. The van der Waals surface area contributed by atoms with Gasteiger partial charge in [-0.3, -0.25) is 4.99 Å². The third-order valence-electron chi connectivity index (χ3n) is 4.43. The number of halogens is 2. The van der Waals surface area contributed by atoms with Crippen LogP contribution < -0.4 is 9.47 Å². The van der Waals surface area contributed by atoms with Gasteiger partial charge in [-0.1, -0.05) is 35.9 Å². The van der Waals surface area contributed by atoms with Crippen LogP contribution in [-0.2, 0) is 6.61 Å². The minimum absolute atomic E-state index is 0.0544. The van der Waals surface area contributed by atoms with Crippen LogP contribution in [0.25, 0.3) is 0 Å². The summed E-state index contributed by atoms with van der Waals surface area (Å²) >= 11 is 6.39. The van der Waals surface area contributed by atoms with E-state index in [0.717, 1.165) is 11.3 Å². The highest BCUT2D eigenvalue weighted by Gasteiger charge is 2.13. The molecule has 3 nitrogen and oxygen atoms in total. The van der Waals surface area contributed by atoms with Crippen molar-refractivity contribution in [2.75, 3.05) is 7.11 Å². The van der Waals surface area contributed by atoms with Gasteiger partial charge in [-0.25, -0.2) is 4.39 Å². The monoisotopic (exact) mass is 397 g/mol. The van der Waals surface area contributed by atoms with E-state index in [1.165, 1.54) is 24.3 Å². The molecule has 0 aromatic heterocycles. The van der Waals surface area contributed by atoms with Crippen molar-refractivity contribution >= 4 is 23.5 Å². The van der Waals surface area contributed by atoms with Crippen molar-refractivity contribution in [2.24, 2.45) is 4.99 Å². The number of benzene rings is 3. The highest BCUT2D eigenvalue weighted by Crippen LogP contribution is 2.37. The molecule has 0 saturated carbocycles. The predicted molar refractivity (Wildman–Crippen MR) is 112 cm³/mol. The van der Waals surface area contributed by atoms with Gasteiger partial charge in [0.2, 0.25) is 0 Å². The molecule has 28 heavy (non-hydrogen) atoms. The van der Waals surface area contributed by atoms with Gasteiger partial charge in [0.15, 0.2) is 11.5 Å². The Hall–Kier alpha value is -2.85. The van der Waals surface area contributed by atoms with Crippen LogP contribution in [0.15, 0.2) is 59.6 Å². The maximum atomic E-state index is 13.8. The minimum Gasteiger partial charge on any atom is -0.493 e. The second kappa shape index (κ2) is 8.89. The molecule has 0 saturated heterocycles. The molecule has 0 radical (unpaired) electrons. The van der Waals surface area contributed by atoms with Gasteiger partial charge in [-0.2, -0.15) is 0 Å². The van der Waals surface area contributed by atoms with Crippen molar-refractivity contribution < 1.29 is 13.9 Å². The molecule has 0 aliphatic carbocycles. The lowest BCUT2D eigenvalue weighted by atomic mass is 10.1. The molecule has 0 bridgehead atoms. The molecule has 0 heterocycles. The van der Waals surface area contributed by atoms with E-state index in [0.29, 0.717) is 22.1 Å². The van der Waals surface area contributed by atoms with Gasteiger partial charge in [-0.05, 0) is 60.9 Å². The third-order valence-corrected chi connectivity index (χ3v) is 4.72. The summed E-state index contributed by atoms with van der Waals surface area (Å²) in [6.45, 7) is 4.17. The zero-order chi connectivity index (χ0) is 20.1. The summed E-state index contributed by atoms with van der Waals surface area (Å²) in [6.07, 6.45) is 1.72. The highest BCUT2D eigenvalue weighted by molar-refractivity contribution is 6.32. The molecule has 5 heteroatoms. The van der Waals surface area contributed by atoms with E-state index in [-0.39, 0.29) is 12.4 Å². The Morgan fingerprint density at radius 3 is 2.54 bits per heavy atom. The average molecular weight is 398 g/mol. The molecule has 3 aromatic carbocycles. The highest BCUT2D eigenvalue weighted by atomic mass is 35.5. The van der Waals surface area contributed by atoms with Crippen LogP contribution in [-0.4, -0.2) is 13.3 Å². The fraction of sp³-hybridized carbons (Fsp3) is 0.174. The lowest BCUT2D eigenvalue weighted by molar-refractivity contribution is 0.280. The van der Waals surface area contributed by atoms with Gasteiger partial charge in [-0.15, -0.1) is 0 Å². The summed E-state index contributed by atoms with van der Waals surface area (Å²) in [5.41, 5.74) is 4.49. The van der Waals surface area contributed by atoms with Gasteiger partial charge in [0.05, 0.1) is 17.8 Å². The first kappa shape index (κ1) is 19.9. The lowest BCUT2D eigenvalue weighted by Gasteiger charge is -2.13. The summed E-state index contributed by atoms with van der Waals surface area (Å²) in [5, 5.41) is 0.372. The Kier molecular flexibility index (Phi) is 6.32. The van der Waals surface area contributed by atoms with Gasteiger partial charge >= 0.3 is 0 Å². The van der Waals surface area contributed by atoms with Crippen molar-refractivity contribution in [2.45, 2.75) is 20.5 Å². The summed E-state index contributed by atoms with van der Waals surface area (Å²) in [6, 6.07) is 16.0. The number of aliphatic imine (C=N–C) groups is 1. The first-order valence-corrected chi connectivity index (χ1v) is 9.21. The van der Waals surface area contributed by atoms with Crippen molar-refractivity contribution in [1.29, 1.82) is 0 Å². The van der Waals surface area contributed by atoms with E-state index in [2.05, 4.69) is 18.8 Å². The van der Waals surface area contributed by atoms with Crippen molar-refractivity contribution in [1.82, 2.24) is 0 Å². The summed E-state index contributed by atoms with van der Waals surface area (Å²) in [7, 11) is 1.53. The Morgan fingerprint density at radius 1 is 1.04 bits per heavy atom. The van der Waals surface area contributed by atoms with Crippen LogP contribution in [0.2, 0.25) is 5.02 Å². The molecule has 144 valence electrons. The molecule has 0 atom stereocenters. The molecule has 0 fully saturated rings. The Balaban J connectivity index is 1.81. The molecule has 0 unspecified atom stereocenters. The first-order chi connectivity index (χ1) is 13.5. The van der Waals surface area contributed by atoms with Gasteiger partial charge in [0.1, 0.15) is 12.4 Å². The van der Waals surface area contributed by atoms with Crippen LogP contribution in [0.4, 0.5) is 10.1 Å². The number of rotatable bonds is 6. The second-order valence-electron chi connectivity index (χ2n) is 6.44. The number of methoxy groups -OCH3 is 1. The van der Waals surface area contributed by atoms with Crippen molar-refractivity contribution in [3.63, 3.8) is 0 Å². The largest absolute Gasteiger partial charge is 0.493 e. The molecular formula is C23H21ClFNO2. The molecule has 0 amide bonds. The number of hydrogen-bond donors (Lipinski definition) is 0. The van der Waals surface area contributed by atoms with Gasteiger partial charge in [0, 0.05) is 11.8 Å². The van der Waals surface area contributed by atoms with Crippen LogP contribution in [0, 0.1) is 19.7 Å². The van der Waals surface area contributed by atoms with Gasteiger partial charge < -0.3 is 9.47 Å². The van der Waals surface area contributed by atoms with E-state index >= 15 is 0 Å². The zero-order valence-corrected chi connectivity index (χ0v) is 16.8. The molecule has 3 aromatic rings. The molecule has 0 aliphatic heterocycles. The van der Waals surface area contributed by atoms with Crippen LogP contribution in [0.3, 0.4) is 0 Å². The Labute approximate surface area is 169 Å². The predicted octanol–water partition coefficient (Wildman–Crippen LogP) is 6.43. The summed E-state index contributed by atoms with van der Waals surface area (Å²) in [4.78, 5) is 4.50. The topological polar surface area (TPSA) is 30.8 Å². The van der Waals surface area contributed by atoms with E-state index in [9.17, 15) is 4.39 Å². The van der Waals surface area contributed by atoms with E-state index in [1.54, 1.807) is 36.5 Å². The van der Waals surface area contributed by atoms with E-state index in [4.69, 9.17) is 21.1 Å². The number of nitrogens with zero attached hydrogens (tertiary/aromatic N) is 1. The maximum Gasteiger partial charge on any atom is 0.180 e. The molecule has 0 aliphatic rings. The van der Waals surface area contributed by atoms with Crippen LogP contribution in [0.5, 0.6) is 11.5 Å². The van der Waals surface area contributed by atoms with E-state index in [1.807, 2.05) is 18.2 Å². The number of hydrogen-bond acceptors (Lipinski definition) is 3. The molecule has 3 rings (SSSR count). The standard InChI is InChI=1S/C23H21ClFNO2/c1-15-8-9-19(10-16(15)2)26-13-17-11-20(24)23(22(12-17)27-3)28-14-18-6-4-5-7-21(18)25/h4-13H,14H2,1-3H3.